The number of aliphatic hydroxyl groups is 1. The molecule has 2 unspecified atom stereocenters. The van der Waals surface area contributed by atoms with Crippen LogP contribution in [-0.2, 0) is 4.79 Å². The third-order valence-electron chi connectivity index (χ3n) is 2.95. The number of carbonyl (C=O) groups is 1. The summed E-state index contributed by atoms with van der Waals surface area (Å²) in [6.07, 6.45) is 2.56. The zero-order valence-electron chi connectivity index (χ0n) is 11.3. The van der Waals surface area contributed by atoms with Gasteiger partial charge in [-0.05, 0) is 18.3 Å². The number of rotatable bonds is 6. The molecule has 0 radical (unpaired) electrons. The molecule has 0 aromatic rings. The second-order valence-electron chi connectivity index (χ2n) is 5.63. The van der Waals surface area contributed by atoms with Crippen molar-refractivity contribution in [2.45, 2.75) is 59.9 Å². The molecule has 0 aliphatic carbocycles. The summed E-state index contributed by atoms with van der Waals surface area (Å²) in [5.74, 6) is 0.170. The van der Waals surface area contributed by atoms with Gasteiger partial charge in [0, 0.05) is 18.6 Å². The molecule has 0 saturated heterocycles. The third-order valence-corrected chi connectivity index (χ3v) is 2.95. The van der Waals surface area contributed by atoms with E-state index in [9.17, 15) is 4.79 Å². The average Bonchev–Trinajstić information content (AvgIpc) is 2.15. The number of carbonyl (C=O) groups excluding carboxylic acids is 1. The summed E-state index contributed by atoms with van der Waals surface area (Å²) in [4.78, 5) is 11.9. The predicted molar refractivity (Wildman–Crippen MR) is 67.2 cm³/mol. The van der Waals surface area contributed by atoms with E-state index < -0.39 is 0 Å². The summed E-state index contributed by atoms with van der Waals surface area (Å²) in [7, 11) is 0. The van der Waals surface area contributed by atoms with Gasteiger partial charge in [-0.2, -0.15) is 0 Å². The molecule has 0 aliphatic rings. The van der Waals surface area contributed by atoms with Gasteiger partial charge in [0.2, 0.25) is 5.91 Å². The van der Waals surface area contributed by atoms with E-state index in [-0.39, 0.29) is 29.9 Å². The summed E-state index contributed by atoms with van der Waals surface area (Å²) in [5, 5.41) is 12.0. The number of hydrogen-bond acceptors (Lipinski definition) is 2. The van der Waals surface area contributed by atoms with Crippen molar-refractivity contribution in [2.75, 3.05) is 6.61 Å². The monoisotopic (exact) mass is 229 g/mol. The second kappa shape index (κ2) is 6.89. The standard InChI is InChI=1S/C13H27NO2/c1-6-7-10(2)12(16)14-11(8-9-15)13(3,4)5/h10-11,15H,6-9H2,1-5H3,(H,14,16). The minimum Gasteiger partial charge on any atom is -0.396 e. The van der Waals surface area contributed by atoms with Crippen LogP contribution in [0.2, 0.25) is 0 Å². The van der Waals surface area contributed by atoms with Crippen LogP contribution in [0, 0.1) is 11.3 Å². The zero-order valence-corrected chi connectivity index (χ0v) is 11.3. The molecular formula is C13H27NO2. The van der Waals surface area contributed by atoms with E-state index in [2.05, 4.69) is 33.0 Å². The Morgan fingerprint density at radius 3 is 2.25 bits per heavy atom. The Morgan fingerprint density at radius 2 is 1.88 bits per heavy atom. The van der Waals surface area contributed by atoms with Gasteiger partial charge in [0.25, 0.3) is 0 Å². The molecular weight excluding hydrogens is 202 g/mol. The molecule has 2 atom stereocenters. The molecule has 0 rings (SSSR count). The Bertz CT molecular complexity index is 208. The van der Waals surface area contributed by atoms with Crippen molar-refractivity contribution >= 4 is 5.91 Å². The molecule has 3 heteroatoms. The maximum atomic E-state index is 11.9. The first kappa shape index (κ1) is 15.4. The zero-order chi connectivity index (χ0) is 12.8. The van der Waals surface area contributed by atoms with Crippen molar-refractivity contribution in [3.05, 3.63) is 0 Å². The maximum Gasteiger partial charge on any atom is 0.223 e. The first-order chi connectivity index (χ1) is 7.32. The molecule has 0 aromatic carbocycles. The number of amides is 1. The van der Waals surface area contributed by atoms with Gasteiger partial charge < -0.3 is 10.4 Å². The van der Waals surface area contributed by atoms with E-state index in [1.54, 1.807) is 0 Å². The van der Waals surface area contributed by atoms with Gasteiger partial charge in [-0.25, -0.2) is 0 Å². The Hall–Kier alpha value is -0.570. The van der Waals surface area contributed by atoms with Crippen LogP contribution >= 0.6 is 0 Å². The van der Waals surface area contributed by atoms with Gasteiger partial charge >= 0.3 is 0 Å². The predicted octanol–water partition coefficient (Wildman–Crippen LogP) is 2.34. The Kier molecular flexibility index (Phi) is 6.65. The first-order valence-electron chi connectivity index (χ1n) is 6.24. The molecule has 0 aliphatic heterocycles. The summed E-state index contributed by atoms with van der Waals surface area (Å²) in [6.45, 7) is 10.4. The van der Waals surface area contributed by atoms with Crippen LogP contribution in [0.25, 0.3) is 0 Å². The van der Waals surface area contributed by atoms with Gasteiger partial charge in [0.05, 0.1) is 0 Å². The highest BCUT2D eigenvalue weighted by molar-refractivity contribution is 5.78. The van der Waals surface area contributed by atoms with Gasteiger partial charge in [0.15, 0.2) is 0 Å². The molecule has 0 aromatic heterocycles. The van der Waals surface area contributed by atoms with Crippen LogP contribution < -0.4 is 5.32 Å². The SMILES string of the molecule is CCCC(C)C(=O)NC(CCO)C(C)(C)C. The molecule has 1 amide bonds. The lowest BCUT2D eigenvalue weighted by atomic mass is 9.84. The van der Waals surface area contributed by atoms with Crippen LogP contribution in [-0.4, -0.2) is 23.7 Å². The normalized spacial score (nSPS) is 15.6. The van der Waals surface area contributed by atoms with Crippen molar-refractivity contribution in [2.24, 2.45) is 11.3 Å². The summed E-state index contributed by atoms with van der Waals surface area (Å²) < 4.78 is 0. The van der Waals surface area contributed by atoms with E-state index >= 15 is 0 Å². The average molecular weight is 229 g/mol. The van der Waals surface area contributed by atoms with Crippen molar-refractivity contribution in [3.8, 4) is 0 Å². The highest BCUT2D eigenvalue weighted by atomic mass is 16.3. The topological polar surface area (TPSA) is 49.3 Å². The minimum atomic E-state index is -0.00960. The van der Waals surface area contributed by atoms with Crippen LogP contribution in [0.5, 0.6) is 0 Å². The van der Waals surface area contributed by atoms with Gasteiger partial charge in [0.1, 0.15) is 0 Å². The Balaban J connectivity index is 4.34. The van der Waals surface area contributed by atoms with Crippen molar-refractivity contribution < 1.29 is 9.90 Å². The van der Waals surface area contributed by atoms with E-state index in [0.717, 1.165) is 12.8 Å². The smallest absolute Gasteiger partial charge is 0.223 e. The molecule has 0 spiro atoms. The first-order valence-corrected chi connectivity index (χ1v) is 6.24. The minimum absolute atomic E-state index is 0.00960. The van der Waals surface area contributed by atoms with Gasteiger partial charge in [-0.3, -0.25) is 4.79 Å². The van der Waals surface area contributed by atoms with Crippen molar-refractivity contribution in [1.82, 2.24) is 5.32 Å². The number of hydrogen-bond donors (Lipinski definition) is 2. The van der Waals surface area contributed by atoms with Crippen LogP contribution in [0.15, 0.2) is 0 Å². The highest BCUT2D eigenvalue weighted by Crippen LogP contribution is 2.22. The lowest BCUT2D eigenvalue weighted by molar-refractivity contribution is -0.126. The fourth-order valence-corrected chi connectivity index (χ4v) is 1.73. The number of aliphatic hydroxyl groups excluding tert-OH is 1. The molecule has 0 bridgehead atoms. The number of nitrogens with one attached hydrogen (secondary N) is 1. The molecule has 0 heterocycles. The van der Waals surface area contributed by atoms with Crippen LogP contribution in [0.4, 0.5) is 0 Å². The fourth-order valence-electron chi connectivity index (χ4n) is 1.73. The van der Waals surface area contributed by atoms with Gasteiger partial charge in [-0.15, -0.1) is 0 Å². The molecule has 96 valence electrons. The Morgan fingerprint density at radius 1 is 1.31 bits per heavy atom. The summed E-state index contributed by atoms with van der Waals surface area (Å²) in [5.41, 5.74) is -0.00960. The second-order valence-corrected chi connectivity index (χ2v) is 5.63. The summed E-state index contributed by atoms with van der Waals surface area (Å²) >= 11 is 0. The molecule has 0 fully saturated rings. The van der Waals surface area contributed by atoms with E-state index in [4.69, 9.17) is 5.11 Å². The molecule has 2 N–H and O–H groups in total. The lowest BCUT2D eigenvalue weighted by Gasteiger charge is -2.32. The van der Waals surface area contributed by atoms with E-state index in [1.807, 2.05) is 6.92 Å². The van der Waals surface area contributed by atoms with E-state index in [1.165, 1.54) is 0 Å². The maximum absolute atomic E-state index is 11.9. The van der Waals surface area contributed by atoms with Gasteiger partial charge in [-0.1, -0.05) is 41.0 Å². The summed E-state index contributed by atoms with van der Waals surface area (Å²) in [6, 6.07) is 0.0457. The molecule has 16 heavy (non-hydrogen) atoms. The van der Waals surface area contributed by atoms with Crippen molar-refractivity contribution in [3.63, 3.8) is 0 Å². The lowest BCUT2D eigenvalue weighted by Crippen LogP contribution is -2.46. The van der Waals surface area contributed by atoms with E-state index in [0.29, 0.717) is 6.42 Å². The molecule has 3 nitrogen and oxygen atoms in total. The third kappa shape index (κ3) is 5.50. The van der Waals surface area contributed by atoms with Crippen LogP contribution in [0.3, 0.4) is 0 Å². The fraction of sp³-hybridized carbons (Fsp3) is 0.923. The highest BCUT2D eigenvalue weighted by Gasteiger charge is 2.26. The molecule has 0 saturated carbocycles. The van der Waals surface area contributed by atoms with Crippen molar-refractivity contribution in [1.29, 1.82) is 0 Å². The Labute approximate surface area is 99.6 Å². The quantitative estimate of drug-likeness (QED) is 0.734. The van der Waals surface area contributed by atoms with Crippen LogP contribution in [0.1, 0.15) is 53.9 Å². The largest absolute Gasteiger partial charge is 0.396 e.